The molecular formula is C11H19N. The molecule has 1 rings (SSSR count). The molecule has 0 saturated carbocycles. The molecule has 0 unspecified atom stereocenters. The summed E-state index contributed by atoms with van der Waals surface area (Å²) in [5, 5.41) is 0. The fourth-order valence-corrected chi connectivity index (χ4v) is 1.09. The van der Waals surface area contributed by atoms with Crippen molar-refractivity contribution in [3.63, 3.8) is 0 Å². The molecule has 0 bridgehead atoms. The normalized spacial score (nSPS) is 8.67. The monoisotopic (exact) mass is 165 g/mol. The molecule has 0 aromatic heterocycles. The van der Waals surface area contributed by atoms with Crippen molar-refractivity contribution in [3.8, 4) is 0 Å². The number of aryl methyl sites for hydroxylation is 1. The highest BCUT2D eigenvalue weighted by Crippen LogP contribution is 2.15. The molecule has 0 fully saturated rings. The van der Waals surface area contributed by atoms with E-state index >= 15 is 0 Å². The Morgan fingerprint density at radius 3 is 2.25 bits per heavy atom. The van der Waals surface area contributed by atoms with E-state index in [1.807, 2.05) is 26.0 Å². The standard InChI is InChI=1S/C9H13N.C2H6/c1-3-8-5-4-6-9(10)7(8)2;1-2/h4-6H,3,10H2,1-2H3;1-2H3. The maximum absolute atomic E-state index is 5.70. The van der Waals surface area contributed by atoms with Crippen molar-refractivity contribution < 1.29 is 0 Å². The van der Waals surface area contributed by atoms with Gasteiger partial charge in [-0.15, -0.1) is 0 Å². The number of anilines is 1. The molecule has 68 valence electrons. The third-order valence-corrected chi connectivity index (χ3v) is 1.87. The second-order valence-corrected chi connectivity index (χ2v) is 2.48. The first-order chi connectivity index (χ1) is 5.75. The molecule has 0 amide bonds. The fourth-order valence-electron chi connectivity index (χ4n) is 1.09. The van der Waals surface area contributed by atoms with Crippen LogP contribution in [0.25, 0.3) is 0 Å². The molecule has 0 saturated heterocycles. The molecule has 0 aliphatic heterocycles. The molecule has 0 atom stereocenters. The van der Waals surface area contributed by atoms with Crippen molar-refractivity contribution in [3.05, 3.63) is 29.3 Å². The van der Waals surface area contributed by atoms with Crippen LogP contribution in [0, 0.1) is 6.92 Å². The molecule has 0 heterocycles. The number of nitrogen functional groups attached to an aromatic ring is 1. The Kier molecular flexibility index (Phi) is 5.18. The van der Waals surface area contributed by atoms with Gasteiger partial charge in [0.15, 0.2) is 0 Å². The van der Waals surface area contributed by atoms with Gasteiger partial charge in [0.1, 0.15) is 0 Å². The van der Waals surface area contributed by atoms with Crippen LogP contribution in [0.1, 0.15) is 31.9 Å². The zero-order valence-electron chi connectivity index (χ0n) is 8.52. The lowest BCUT2D eigenvalue weighted by Gasteiger charge is -2.04. The van der Waals surface area contributed by atoms with E-state index in [0.29, 0.717) is 0 Å². The smallest absolute Gasteiger partial charge is 0.0346 e. The SMILES string of the molecule is CC.CCc1cccc(N)c1C. The van der Waals surface area contributed by atoms with Gasteiger partial charge in [-0.2, -0.15) is 0 Å². The predicted molar refractivity (Wildman–Crippen MR) is 56.3 cm³/mol. The Bertz CT molecular complexity index is 228. The van der Waals surface area contributed by atoms with Gasteiger partial charge in [0.2, 0.25) is 0 Å². The molecule has 1 aromatic rings. The molecule has 1 nitrogen and oxygen atoms in total. The summed E-state index contributed by atoms with van der Waals surface area (Å²) < 4.78 is 0. The average molecular weight is 165 g/mol. The zero-order valence-corrected chi connectivity index (χ0v) is 8.52. The van der Waals surface area contributed by atoms with E-state index in [1.165, 1.54) is 11.1 Å². The van der Waals surface area contributed by atoms with E-state index in [4.69, 9.17) is 5.73 Å². The van der Waals surface area contributed by atoms with E-state index in [2.05, 4.69) is 19.9 Å². The molecule has 2 N–H and O–H groups in total. The summed E-state index contributed by atoms with van der Waals surface area (Å²) in [6.45, 7) is 8.20. The first-order valence-corrected chi connectivity index (χ1v) is 4.59. The van der Waals surface area contributed by atoms with E-state index in [9.17, 15) is 0 Å². The van der Waals surface area contributed by atoms with Crippen molar-refractivity contribution in [1.82, 2.24) is 0 Å². The Hall–Kier alpha value is -0.980. The van der Waals surface area contributed by atoms with Crippen molar-refractivity contribution in [2.45, 2.75) is 34.1 Å². The van der Waals surface area contributed by atoms with Crippen molar-refractivity contribution >= 4 is 5.69 Å². The number of nitrogens with two attached hydrogens (primary N) is 1. The third kappa shape index (κ3) is 2.57. The highest BCUT2D eigenvalue weighted by molar-refractivity contribution is 5.49. The van der Waals surface area contributed by atoms with E-state index in [-0.39, 0.29) is 0 Å². The van der Waals surface area contributed by atoms with Crippen LogP contribution < -0.4 is 5.73 Å². The Balaban J connectivity index is 0.000000561. The van der Waals surface area contributed by atoms with Gasteiger partial charge in [-0.3, -0.25) is 0 Å². The molecule has 12 heavy (non-hydrogen) atoms. The molecule has 0 radical (unpaired) electrons. The van der Waals surface area contributed by atoms with Gasteiger partial charge in [-0.05, 0) is 30.5 Å². The van der Waals surface area contributed by atoms with Crippen LogP contribution in [0.3, 0.4) is 0 Å². The molecule has 0 spiro atoms. The predicted octanol–water partition coefficient (Wildman–Crippen LogP) is 3.17. The van der Waals surface area contributed by atoms with Crippen LogP contribution in [0.4, 0.5) is 5.69 Å². The van der Waals surface area contributed by atoms with Gasteiger partial charge < -0.3 is 5.73 Å². The van der Waals surface area contributed by atoms with Crippen molar-refractivity contribution in [2.24, 2.45) is 0 Å². The Morgan fingerprint density at radius 1 is 1.25 bits per heavy atom. The summed E-state index contributed by atoms with van der Waals surface area (Å²) in [5.41, 5.74) is 9.17. The highest BCUT2D eigenvalue weighted by atomic mass is 14.6. The average Bonchev–Trinajstić information content (AvgIpc) is 2.13. The number of rotatable bonds is 1. The topological polar surface area (TPSA) is 26.0 Å². The molecule has 1 aromatic carbocycles. The van der Waals surface area contributed by atoms with Gasteiger partial charge in [0.25, 0.3) is 0 Å². The minimum atomic E-state index is 0.902. The quantitative estimate of drug-likeness (QED) is 0.635. The van der Waals surface area contributed by atoms with Gasteiger partial charge in [-0.25, -0.2) is 0 Å². The minimum absolute atomic E-state index is 0.902. The fraction of sp³-hybridized carbons (Fsp3) is 0.455. The van der Waals surface area contributed by atoms with Gasteiger partial charge >= 0.3 is 0 Å². The van der Waals surface area contributed by atoms with Gasteiger partial charge in [0, 0.05) is 5.69 Å². The lowest BCUT2D eigenvalue weighted by molar-refractivity contribution is 1.11. The maximum Gasteiger partial charge on any atom is 0.0346 e. The molecule has 0 aliphatic carbocycles. The summed E-state index contributed by atoms with van der Waals surface area (Å²) >= 11 is 0. The zero-order chi connectivity index (χ0) is 9.56. The summed E-state index contributed by atoms with van der Waals surface area (Å²) in [7, 11) is 0. The lowest BCUT2D eigenvalue weighted by Crippen LogP contribution is -1.93. The summed E-state index contributed by atoms with van der Waals surface area (Å²) in [6.07, 6.45) is 1.07. The van der Waals surface area contributed by atoms with Crippen LogP contribution in [0.15, 0.2) is 18.2 Å². The third-order valence-electron chi connectivity index (χ3n) is 1.87. The number of benzene rings is 1. The first kappa shape index (κ1) is 11.0. The van der Waals surface area contributed by atoms with Crippen LogP contribution in [-0.4, -0.2) is 0 Å². The van der Waals surface area contributed by atoms with Crippen LogP contribution in [-0.2, 0) is 6.42 Å². The maximum atomic E-state index is 5.70. The minimum Gasteiger partial charge on any atom is -0.399 e. The lowest BCUT2D eigenvalue weighted by atomic mass is 10.1. The molecule has 1 heteroatoms. The second-order valence-electron chi connectivity index (χ2n) is 2.48. The number of hydrogen-bond donors (Lipinski definition) is 1. The van der Waals surface area contributed by atoms with E-state index in [0.717, 1.165) is 12.1 Å². The molecular weight excluding hydrogens is 146 g/mol. The summed E-state index contributed by atoms with van der Waals surface area (Å²) in [5.74, 6) is 0. The largest absolute Gasteiger partial charge is 0.399 e. The van der Waals surface area contributed by atoms with Gasteiger partial charge in [-0.1, -0.05) is 32.9 Å². The van der Waals surface area contributed by atoms with Crippen molar-refractivity contribution in [2.75, 3.05) is 5.73 Å². The van der Waals surface area contributed by atoms with Crippen molar-refractivity contribution in [1.29, 1.82) is 0 Å². The highest BCUT2D eigenvalue weighted by Gasteiger charge is 1.96. The Morgan fingerprint density at radius 2 is 1.83 bits per heavy atom. The van der Waals surface area contributed by atoms with Crippen LogP contribution >= 0.6 is 0 Å². The molecule has 0 aliphatic rings. The second kappa shape index (κ2) is 5.64. The summed E-state index contributed by atoms with van der Waals surface area (Å²) in [6, 6.07) is 6.06. The Labute approximate surface area is 75.6 Å². The van der Waals surface area contributed by atoms with Crippen LogP contribution in [0.2, 0.25) is 0 Å². The van der Waals surface area contributed by atoms with Crippen LogP contribution in [0.5, 0.6) is 0 Å². The van der Waals surface area contributed by atoms with Gasteiger partial charge in [0.05, 0.1) is 0 Å². The number of hydrogen-bond acceptors (Lipinski definition) is 1. The van der Waals surface area contributed by atoms with E-state index < -0.39 is 0 Å². The van der Waals surface area contributed by atoms with E-state index in [1.54, 1.807) is 0 Å². The first-order valence-electron chi connectivity index (χ1n) is 4.59. The summed E-state index contributed by atoms with van der Waals surface area (Å²) in [4.78, 5) is 0.